The molecule has 0 unspecified atom stereocenters. The first-order valence-corrected chi connectivity index (χ1v) is 14.1. The molecular weight excluding hydrogens is 588 g/mol. The number of nitrogens with zero attached hydrogens (tertiary/aromatic N) is 2. The van der Waals surface area contributed by atoms with E-state index in [1.165, 1.54) is 7.11 Å². The molecular formula is C31H29BrN4O3S. The maximum Gasteiger partial charge on any atom is 0.261 e. The van der Waals surface area contributed by atoms with E-state index in [1.807, 2.05) is 84.6 Å². The van der Waals surface area contributed by atoms with E-state index in [-0.39, 0.29) is 16.9 Å². The van der Waals surface area contributed by atoms with Crippen molar-refractivity contribution in [2.24, 2.45) is 0 Å². The van der Waals surface area contributed by atoms with Gasteiger partial charge in [-0.15, -0.1) is 0 Å². The number of aryl methyl sites for hydroxylation is 1. The van der Waals surface area contributed by atoms with Gasteiger partial charge in [-0.3, -0.25) is 14.9 Å². The molecule has 0 radical (unpaired) electrons. The third-order valence-corrected chi connectivity index (χ3v) is 7.96. The second kappa shape index (κ2) is 12.1. The fourth-order valence-electron chi connectivity index (χ4n) is 4.79. The summed E-state index contributed by atoms with van der Waals surface area (Å²) >= 11 is 8.99. The van der Waals surface area contributed by atoms with E-state index in [4.69, 9.17) is 17.0 Å². The van der Waals surface area contributed by atoms with Crippen LogP contribution in [0, 0.1) is 6.92 Å². The molecule has 0 bridgehead atoms. The number of hydrogen-bond donors (Lipinski definition) is 2. The third-order valence-electron chi connectivity index (χ3n) is 6.97. The van der Waals surface area contributed by atoms with Crippen molar-refractivity contribution in [1.29, 1.82) is 0 Å². The summed E-state index contributed by atoms with van der Waals surface area (Å²) in [5.41, 5.74) is 4.07. The van der Waals surface area contributed by atoms with Crippen molar-refractivity contribution in [3.63, 3.8) is 0 Å². The van der Waals surface area contributed by atoms with Crippen molar-refractivity contribution < 1.29 is 14.3 Å². The topological polar surface area (TPSA) is 73.9 Å². The lowest BCUT2D eigenvalue weighted by atomic mass is 10.1. The number of carbonyl (C=O) groups excluding carboxylic acids is 2. The van der Waals surface area contributed by atoms with Crippen molar-refractivity contribution in [1.82, 2.24) is 10.2 Å². The smallest absolute Gasteiger partial charge is 0.261 e. The number of amides is 2. The van der Waals surface area contributed by atoms with Crippen molar-refractivity contribution in [3.05, 3.63) is 100 Å². The van der Waals surface area contributed by atoms with E-state index in [1.54, 1.807) is 6.07 Å². The molecule has 0 saturated carbocycles. The Morgan fingerprint density at radius 2 is 1.60 bits per heavy atom. The Morgan fingerprint density at radius 3 is 2.27 bits per heavy atom. The molecule has 5 rings (SSSR count). The molecule has 4 aromatic rings. The number of halogens is 1. The number of carbonyl (C=O) groups is 2. The van der Waals surface area contributed by atoms with Crippen LogP contribution in [-0.4, -0.2) is 55.1 Å². The lowest BCUT2D eigenvalue weighted by molar-refractivity contribution is 0.0746. The van der Waals surface area contributed by atoms with Crippen LogP contribution in [0.15, 0.2) is 83.3 Å². The van der Waals surface area contributed by atoms with Crippen LogP contribution < -0.4 is 20.3 Å². The Balaban J connectivity index is 1.17. The van der Waals surface area contributed by atoms with Gasteiger partial charge in [0.25, 0.3) is 11.8 Å². The lowest BCUT2D eigenvalue weighted by Crippen LogP contribution is -2.48. The second-order valence-electron chi connectivity index (χ2n) is 9.59. The van der Waals surface area contributed by atoms with Gasteiger partial charge in [0, 0.05) is 43.1 Å². The van der Waals surface area contributed by atoms with Crippen LogP contribution in [0.5, 0.6) is 5.75 Å². The van der Waals surface area contributed by atoms with Gasteiger partial charge in [-0.05, 0) is 88.3 Å². The highest BCUT2D eigenvalue weighted by Crippen LogP contribution is 2.36. The van der Waals surface area contributed by atoms with Crippen LogP contribution >= 0.6 is 28.1 Å². The molecule has 0 aliphatic carbocycles. The first-order chi connectivity index (χ1) is 19.3. The van der Waals surface area contributed by atoms with Crippen molar-refractivity contribution in [2.45, 2.75) is 6.92 Å². The summed E-state index contributed by atoms with van der Waals surface area (Å²) < 4.78 is 6.24. The highest BCUT2D eigenvalue weighted by atomic mass is 79.9. The molecule has 1 aliphatic heterocycles. The average Bonchev–Trinajstić information content (AvgIpc) is 2.97. The number of piperazine rings is 1. The molecule has 1 fully saturated rings. The molecule has 7 nitrogen and oxygen atoms in total. The second-order valence-corrected chi connectivity index (χ2v) is 10.8. The summed E-state index contributed by atoms with van der Waals surface area (Å²) in [5, 5.41) is 7.89. The van der Waals surface area contributed by atoms with E-state index >= 15 is 0 Å². The minimum absolute atomic E-state index is 0.0726. The summed E-state index contributed by atoms with van der Waals surface area (Å²) in [7, 11) is 1.53. The van der Waals surface area contributed by atoms with Crippen LogP contribution in [0.25, 0.3) is 10.8 Å². The number of rotatable bonds is 5. The number of anilines is 2. The molecule has 2 amide bonds. The number of ether oxygens (including phenoxy) is 1. The molecule has 40 heavy (non-hydrogen) atoms. The Morgan fingerprint density at radius 1 is 0.925 bits per heavy atom. The van der Waals surface area contributed by atoms with Gasteiger partial charge in [0.2, 0.25) is 0 Å². The van der Waals surface area contributed by atoms with Gasteiger partial charge < -0.3 is 19.9 Å². The van der Waals surface area contributed by atoms with E-state index in [2.05, 4.69) is 31.5 Å². The van der Waals surface area contributed by atoms with E-state index in [0.717, 1.165) is 46.4 Å². The van der Waals surface area contributed by atoms with Crippen molar-refractivity contribution in [2.75, 3.05) is 43.5 Å². The highest BCUT2D eigenvalue weighted by molar-refractivity contribution is 9.10. The zero-order valence-corrected chi connectivity index (χ0v) is 24.6. The monoisotopic (exact) mass is 616 g/mol. The molecule has 1 aliphatic rings. The van der Waals surface area contributed by atoms with Gasteiger partial charge in [-0.25, -0.2) is 0 Å². The molecule has 1 heterocycles. The molecule has 4 aromatic carbocycles. The minimum atomic E-state index is -0.365. The average molecular weight is 618 g/mol. The van der Waals surface area contributed by atoms with Gasteiger partial charge in [0.1, 0.15) is 5.75 Å². The summed E-state index contributed by atoms with van der Waals surface area (Å²) in [6.45, 7) is 4.85. The first kappa shape index (κ1) is 27.6. The molecule has 0 atom stereocenters. The van der Waals surface area contributed by atoms with Gasteiger partial charge in [0.05, 0.1) is 17.1 Å². The van der Waals surface area contributed by atoms with Gasteiger partial charge in [-0.1, -0.05) is 42.0 Å². The van der Waals surface area contributed by atoms with Gasteiger partial charge >= 0.3 is 0 Å². The van der Waals surface area contributed by atoms with Crippen LogP contribution in [-0.2, 0) is 0 Å². The fourth-order valence-corrected chi connectivity index (χ4v) is 5.73. The Bertz CT molecular complexity index is 1570. The molecule has 9 heteroatoms. The normalized spacial score (nSPS) is 13.2. The first-order valence-electron chi connectivity index (χ1n) is 12.9. The predicted molar refractivity (Wildman–Crippen MR) is 168 cm³/mol. The van der Waals surface area contributed by atoms with Crippen molar-refractivity contribution >= 4 is 67.2 Å². The zero-order chi connectivity index (χ0) is 28.2. The SMILES string of the molecule is COc1c(C(=O)NC(=S)Nc2ccc(N3CCN(C(=O)c4ccc(C)cc4)CC3)cc2)cc2ccccc2c1Br. The maximum absolute atomic E-state index is 13.1. The fraction of sp³-hybridized carbons (Fsp3) is 0.194. The van der Waals surface area contributed by atoms with Crippen LogP contribution in [0.4, 0.5) is 11.4 Å². The van der Waals surface area contributed by atoms with E-state index in [0.29, 0.717) is 28.9 Å². The standard InChI is InChI=1S/C31H29BrN4O3S/c1-20-7-9-21(10-8-20)30(38)36-17-15-35(16-18-36)24-13-11-23(12-14-24)33-31(40)34-29(37)26-19-22-5-3-4-6-25(22)27(32)28(26)39-2/h3-14,19H,15-18H2,1-2H3,(H2,33,34,37,40). The number of nitrogens with one attached hydrogen (secondary N) is 2. The number of fused-ring (bicyclic) bond motifs is 1. The minimum Gasteiger partial charge on any atom is -0.495 e. The molecule has 2 N–H and O–H groups in total. The predicted octanol–water partition coefficient (Wildman–Crippen LogP) is 6.01. The van der Waals surface area contributed by atoms with Gasteiger partial charge in [0.15, 0.2) is 5.11 Å². The lowest BCUT2D eigenvalue weighted by Gasteiger charge is -2.36. The van der Waals surface area contributed by atoms with E-state index in [9.17, 15) is 9.59 Å². The Hall–Kier alpha value is -3.95. The molecule has 0 spiro atoms. The van der Waals surface area contributed by atoms with Crippen molar-refractivity contribution in [3.8, 4) is 5.75 Å². The van der Waals surface area contributed by atoms with Crippen LogP contribution in [0.3, 0.4) is 0 Å². The number of thiocarbonyl (C=S) groups is 1. The third kappa shape index (κ3) is 5.95. The van der Waals surface area contributed by atoms with Gasteiger partial charge in [-0.2, -0.15) is 0 Å². The highest BCUT2D eigenvalue weighted by Gasteiger charge is 2.23. The summed E-state index contributed by atoms with van der Waals surface area (Å²) in [5.74, 6) is 0.155. The molecule has 0 aromatic heterocycles. The van der Waals surface area contributed by atoms with E-state index < -0.39 is 0 Å². The summed E-state index contributed by atoms with van der Waals surface area (Å²) in [6.07, 6.45) is 0. The molecule has 1 saturated heterocycles. The summed E-state index contributed by atoms with van der Waals surface area (Å²) in [4.78, 5) is 30.1. The molecule has 204 valence electrons. The summed E-state index contributed by atoms with van der Waals surface area (Å²) in [6, 6.07) is 25.1. The van der Waals surface area contributed by atoms with Crippen LogP contribution in [0.2, 0.25) is 0 Å². The van der Waals surface area contributed by atoms with Crippen LogP contribution in [0.1, 0.15) is 26.3 Å². The number of hydrogen-bond acceptors (Lipinski definition) is 5. The number of benzene rings is 4. The maximum atomic E-state index is 13.1. The zero-order valence-electron chi connectivity index (χ0n) is 22.2. The largest absolute Gasteiger partial charge is 0.495 e. The number of methoxy groups -OCH3 is 1. The quantitative estimate of drug-likeness (QED) is 0.268. The Labute approximate surface area is 247 Å². The Kier molecular flexibility index (Phi) is 8.32.